The quantitative estimate of drug-likeness (QED) is 0.263. The minimum atomic E-state index is -0.543. The number of H-pyrrole nitrogens is 1. The minimum absolute atomic E-state index is 0.163. The summed E-state index contributed by atoms with van der Waals surface area (Å²) in [5.41, 5.74) is 3.10. The molecule has 0 saturated carbocycles. The maximum absolute atomic E-state index is 13.1. The summed E-state index contributed by atoms with van der Waals surface area (Å²) in [7, 11) is 1.48. The summed E-state index contributed by atoms with van der Waals surface area (Å²) in [5.74, 6) is -0.189. The van der Waals surface area contributed by atoms with Crippen molar-refractivity contribution in [2.45, 2.75) is 12.5 Å². The molecule has 0 saturated heterocycles. The molecule has 8 heteroatoms. The first-order chi connectivity index (χ1) is 15.5. The third-order valence-electron chi connectivity index (χ3n) is 5.28. The maximum atomic E-state index is 13.1. The fourth-order valence-corrected chi connectivity index (χ4v) is 4.01. The summed E-state index contributed by atoms with van der Waals surface area (Å²) in [5, 5.41) is 12.7. The number of nitro groups is 1. The zero-order valence-corrected chi connectivity index (χ0v) is 17.9. The third-order valence-corrected chi connectivity index (χ3v) is 5.56. The van der Waals surface area contributed by atoms with Crippen molar-refractivity contribution >= 4 is 22.5 Å². The van der Waals surface area contributed by atoms with Gasteiger partial charge in [-0.1, -0.05) is 41.9 Å². The summed E-state index contributed by atoms with van der Waals surface area (Å²) in [4.78, 5) is 14.3. The smallest absolute Gasteiger partial charge is 0.214 e. The fourth-order valence-electron chi connectivity index (χ4n) is 3.73. The summed E-state index contributed by atoms with van der Waals surface area (Å²) >= 11 is 6.52. The highest BCUT2D eigenvalue weighted by Gasteiger charge is 2.26. The number of nitrogens with zero attached hydrogens (tertiary/aromatic N) is 1. The Labute approximate surface area is 188 Å². The number of fused-ring (bicyclic) bond motifs is 1. The second-order valence-electron chi connectivity index (χ2n) is 7.31. The largest absolute Gasteiger partial charge is 0.493 e. The molecule has 0 radical (unpaired) electrons. The van der Waals surface area contributed by atoms with E-state index >= 15 is 0 Å². The van der Waals surface area contributed by atoms with Gasteiger partial charge in [0.2, 0.25) is 6.54 Å². The van der Waals surface area contributed by atoms with Gasteiger partial charge < -0.3 is 14.5 Å². The predicted molar refractivity (Wildman–Crippen MR) is 121 cm³/mol. The van der Waals surface area contributed by atoms with E-state index in [1.807, 2.05) is 24.3 Å². The SMILES string of the molecule is COc1cc([C@@H](C[N+](=O)[O-])c2c[nH]c3ccccc23)cc(Cl)c1OCc1ccc(F)cc1. The number of para-hydroxylation sites is 1. The van der Waals surface area contributed by atoms with Gasteiger partial charge in [-0.25, -0.2) is 4.39 Å². The molecule has 0 bridgehead atoms. The van der Waals surface area contributed by atoms with E-state index in [0.29, 0.717) is 17.1 Å². The molecule has 0 aliphatic carbocycles. The number of rotatable bonds is 8. The average Bonchev–Trinajstić information content (AvgIpc) is 3.21. The first-order valence-electron chi connectivity index (χ1n) is 9.88. The van der Waals surface area contributed by atoms with Gasteiger partial charge in [0, 0.05) is 22.0 Å². The van der Waals surface area contributed by atoms with Crippen molar-refractivity contribution < 1.29 is 18.8 Å². The molecule has 3 aromatic carbocycles. The van der Waals surface area contributed by atoms with E-state index in [9.17, 15) is 14.5 Å². The van der Waals surface area contributed by atoms with Gasteiger partial charge in [-0.15, -0.1) is 0 Å². The fraction of sp³-hybridized carbons (Fsp3) is 0.167. The highest BCUT2D eigenvalue weighted by Crippen LogP contribution is 2.41. The normalized spacial score (nSPS) is 12.0. The average molecular weight is 455 g/mol. The molecule has 0 aliphatic heterocycles. The van der Waals surface area contributed by atoms with Crippen LogP contribution in [0, 0.1) is 15.9 Å². The van der Waals surface area contributed by atoms with Crippen LogP contribution >= 0.6 is 11.6 Å². The molecule has 4 rings (SSSR count). The Morgan fingerprint density at radius 1 is 1.16 bits per heavy atom. The number of benzene rings is 3. The lowest BCUT2D eigenvalue weighted by molar-refractivity contribution is -0.481. The number of nitrogens with one attached hydrogen (secondary N) is 1. The van der Waals surface area contributed by atoms with E-state index in [2.05, 4.69) is 4.98 Å². The molecule has 4 aromatic rings. The Kier molecular flexibility index (Phi) is 6.28. The first kappa shape index (κ1) is 21.6. The van der Waals surface area contributed by atoms with E-state index in [4.69, 9.17) is 21.1 Å². The second kappa shape index (κ2) is 9.28. The molecular weight excluding hydrogens is 435 g/mol. The van der Waals surface area contributed by atoms with Crippen LogP contribution in [0.1, 0.15) is 22.6 Å². The number of ether oxygens (including phenoxy) is 2. The van der Waals surface area contributed by atoms with Crippen LogP contribution in [0.2, 0.25) is 5.02 Å². The Balaban J connectivity index is 1.70. The topological polar surface area (TPSA) is 77.4 Å². The van der Waals surface area contributed by atoms with Crippen LogP contribution in [0.15, 0.2) is 66.9 Å². The van der Waals surface area contributed by atoms with Crippen molar-refractivity contribution in [3.63, 3.8) is 0 Å². The number of halogens is 2. The van der Waals surface area contributed by atoms with Gasteiger partial charge >= 0.3 is 0 Å². The van der Waals surface area contributed by atoms with Gasteiger partial charge in [-0.2, -0.15) is 0 Å². The molecule has 1 atom stereocenters. The molecule has 0 amide bonds. The lowest BCUT2D eigenvalue weighted by atomic mass is 9.90. The zero-order chi connectivity index (χ0) is 22.7. The van der Waals surface area contributed by atoms with E-state index in [-0.39, 0.29) is 28.9 Å². The molecule has 1 aromatic heterocycles. The zero-order valence-electron chi connectivity index (χ0n) is 17.2. The van der Waals surface area contributed by atoms with Crippen LogP contribution < -0.4 is 9.47 Å². The van der Waals surface area contributed by atoms with Gasteiger partial charge in [-0.05, 0) is 47.0 Å². The second-order valence-corrected chi connectivity index (χ2v) is 7.71. The Bertz CT molecular complexity index is 1260. The highest BCUT2D eigenvalue weighted by molar-refractivity contribution is 6.32. The van der Waals surface area contributed by atoms with Gasteiger partial charge in [0.25, 0.3) is 0 Å². The van der Waals surface area contributed by atoms with Gasteiger partial charge in [0.1, 0.15) is 12.4 Å². The molecule has 1 heterocycles. The summed E-state index contributed by atoms with van der Waals surface area (Å²) < 4.78 is 24.5. The Morgan fingerprint density at radius 2 is 1.91 bits per heavy atom. The molecule has 32 heavy (non-hydrogen) atoms. The molecule has 0 spiro atoms. The van der Waals surface area contributed by atoms with E-state index in [1.54, 1.807) is 30.5 Å². The number of aromatic nitrogens is 1. The van der Waals surface area contributed by atoms with Crippen molar-refractivity contribution in [2.75, 3.05) is 13.7 Å². The summed E-state index contributed by atoms with van der Waals surface area (Å²) in [6.45, 7) is -0.145. The van der Waals surface area contributed by atoms with Crippen LogP contribution in [-0.4, -0.2) is 23.6 Å². The molecule has 0 fully saturated rings. The number of aromatic amines is 1. The lowest BCUT2D eigenvalue weighted by Crippen LogP contribution is -2.14. The van der Waals surface area contributed by atoms with E-state index < -0.39 is 5.92 Å². The lowest BCUT2D eigenvalue weighted by Gasteiger charge is -2.18. The Morgan fingerprint density at radius 3 is 2.62 bits per heavy atom. The van der Waals surface area contributed by atoms with Crippen LogP contribution in [0.3, 0.4) is 0 Å². The number of hydrogen-bond acceptors (Lipinski definition) is 4. The molecule has 6 nitrogen and oxygen atoms in total. The number of methoxy groups -OCH3 is 1. The van der Waals surface area contributed by atoms with Crippen molar-refractivity contribution in [3.05, 3.63) is 105 Å². The monoisotopic (exact) mass is 454 g/mol. The minimum Gasteiger partial charge on any atom is -0.493 e. The van der Waals surface area contributed by atoms with Gasteiger partial charge in [0.05, 0.1) is 18.1 Å². The molecule has 0 unspecified atom stereocenters. The summed E-state index contributed by atoms with van der Waals surface area (Å²) in [6.07, 6.45) is 1.79. The Hall–Kier alpha value is -3.58. The molecule has 1 N–H and O–H groups in total. The maximum Gasteiger partial charge on any atom is 0.214 e. The molecular formula is C24H20ClFN2O4. The standard InChI is InChI=1S/C24H20ClFN2O4/c1-31-23-11-16(10-21(25)24(23)32-14-15-6-8-17(26)9-7-15)20(13-28(29)30)19-12-27-22-5-3-2-4-18(19)22/h2-12,20,27H,13-14H2,1H3/t20-/m1/s1. The summed E-state index contributed by atoms with van der Waals surface area (Å²) in [6, 6.07) is 17.0. The molecule has 164 valence electrons. The third kappa shape index (κ3) is 4.53. The van der Waals surface area contributed by atoms with Crippen molar-refractivity contribution in [1.29, 1.82) is 0 Å². The van der Waals surface area contributed by atoms with Gasteiger partial charge in [0.15, 0.2) is 11.5 Å². The molecule has 0 aliphatic rings. The van der Waals surface area contributed by atoms with Crippen LogP contribution in [-0.2, 0) is 6.61 Å². The number of hydrogen-bond donors (Lipinski definition) is 1. The van der Waals surface area contributed by atoms with Crippen molar-refractivity contribution in [1.82, 2.24) is 4.98 Å². The van der Waals surface area contributed by atoms with Crippen molar-refractivity contribution in [3.8, 4) is 11.5 Å². The highest BCUT2D eigenvalue weighted by atomic mass is 35.5. The van der Waals surface area contributed by atoms with Crippen LogP contribution in [0.25, 0.3) is 10.9 Å². The van der Waals surface area contributed by atoms with Gasteiger partial charge in [-0.3, -0.25) is 10.1 Å². The first-order valence-corrected chi connectivity index (χ1v) is 10.3. The van der Waals surface area contributed by atoms with Crippen LogP contribution in [0.5, 0.6) is 11.5 Å². The van der Waals surface area contributed by atoms with E-state index in [1.165, 1.54) is 19.2 Å². The van der Waals surface area contributed by atoms with Crippen molar-refractivity contribution in [2.24, 2.45) is 0 Å². The predicted octanol–water partition coefficient (Wildman–Crippen LogP) is 5.96. The van der Waals surface area contributed by atoms with E-state index in [0.717, 1.165) is 22.0 Å². The van der Waals surface area contributed by atoms with Crippen LogP contribution in [0.4, 0.5) is 4.39 Å².